The van der Waals surface area contributed by atoms with Crippen LogP contribution >= 0.6 is 0 Å². The number of hydrogen-bond acceptors (Lipinski definition) is 4. The maximum absolute atomic E-state index is 12.0. The Labute approximate surface area is 119 Å². The highest BCUT2D eigenvalue weighted by Crippen LogP contribution is 2.18. The first-order chi connectivity index (χ1) is 9.68. The molecule has 2 fully saturated rings. The summed E-state index contributed by atoms with van der Waals surface area (Å²) in [7, 11) is 0. The molecule has 20 heavy (non-hydrogen) atoms. The van der Waals surface area contributed by atoms with E-state index in [4.69, 9.17) is 4.74 Å². The van der Waals surface area contributed by atoms with Crippen LogP contribution in [-0.4, -0.2) is 72.2 Å². The number of morpholine rings is 1. The van der Waals surface area contributed by atoms with Crippen molar-refractivity contribution in [3.05, 3.63) is 0 Å². The van der Waals surface area contributed by atoms with Crippen LogP contribution in [0, 0.1) is 0 Å². The summed E-state index contributed by atoms with van der Waals surface area (Å²) < 4.78 is 5.22. The molecule has 0 radical (unpaired) electrons. The summed E-state index contributed by atoms with van der Waals surface area (Å²) in [6, 6.07) is -0.359. The minimum absolute atomic E-state index is 0.164. The second-order valence-corrected chi connectivity index (χ2v) is 5.48. The van der Waals surface area contributed by atoms with E-state index in [0.29, 0.717) is 39.3 Å². The summed E-state index contributed by atoms with van der Waals surface area (Å²) in [5.74, 6) is -0.568. The monoisotopic (exact) mass is 284 g/mol. The number of carbonyl (C=O) groups is 2. The van der Waals surface area contributed by atoms with Crippen molar-refractivity contribution in [3.63, 3.8) is 0 Å². The van der Waals surface area contributed by atoms with Gasteiger partial charge in [0.15, 0.2) is 0 Å². The van der Waals surface area contributed by atoms with Gasteiger partial charge in [-0.15, -0.1) is 0 Å². The van der Waals surface area contributed by atoms with Gasteiger partial charge in [-0.3, -0.25) is 14.5 Å². The Morgan fingerprint density at radius 3 is 2.60 bits per heavy atom. The van der Waals surface area contributed by atoms with Crippen molar-refractivity contribution in [2.45, 2.75) is 38.1 Å². The summed E-state index contributed by atoms with van der Waals surface area (Å²) >= 11 is 0. The van der Waals surface area contributed by atoms with Crippen LogP contribution in [0.3, 0.4) is 0 Å². The second kappa shape index (κ2) is 7.59. The van der Waals surface area contributed by atoms with Crippen molar-refractivity contribution in [2.24, 2.45) is 0 Å². The lowest BCUT2D eigenvalue weighted by Crippen LogP contribution is -2.45. The van der Waals surface area contributed by atoms with E-state index >= 15 is 0 Å². The van der Waals surface area contributed by atoms with Gasteiger partial charge in [0, 0.05) is 19.5 Å². The standard InChI is InChI=1S/C14H24N2O4/c17-13(16-8-10-20-11-9-16)5-3-7-15-6-2-1-4-12(15)14(18)19/h12H,1-11H2,(H,18,19). The first kappa shape index (κ1) is 15.3. The van der Waals surface area contributed by atoms with Crippen molar-refractivity contribution in [2.75, 3.05) is 39.4 Å². The molecule has 2 rings (SSSR count). The van der Waals surface area contributed by atoms with Gasteiger partial charge in [0.2, 0.25) is 5.91 Å². The van der Waals surface area contributed by atoms with Crippen molar-refractivity contribution in [1.82, 2.24) is 9.80 Å². The molecule has 6 nitrogen and oxygen atoms in total. The largest absolute Gasteiger partial charge is 0.480 e. The molecule has 1 unspecified atom stereocenters. The fraction of sp³-hybridized carbons (Fsp3) is 0.857. The number of piperidine rings is 1. The number of amides is 1. The minimum Gasteiger partial charge on any atom is -0.480 e. The molecule has 1 N–H and O–H groups in total. The van der Waals surface area contributed by atoms with Gasteiger partial charge in [-0.25, -0.2) is 0 Å². The van der Waals surface area contributed by atoms with Crippen LogP contribution in [0.1, 0.15) is 32.1 Å². The third-order valence-electron chi connectivity index (χ3n) is 4.10. The average molecular weight is 284 g/mol. The number of ether oxygens (including phenoxy) is 1. The third-order valence-corrected chi connectivity index (χ3v) is 4.10. The molecule has 6 heteroatoms. The topological polar surface area (TPSA) is 70.1 Å². The molecule has 0 aromatic heterocycles. The van der Waals surface area contributed by atoms with Crippen LogP contribution in [-0.2, 0) is 14.3 Å². The van der Waals surface area contributed by atoms with Gasteiger partial charge >= 0.3 is 5.97 Å². The lowest BCUT2D eigenvalue weighted by Gasteiger charge is -2.33. The highest BCUT2D eigenvalue weighted by molar-refractivity contribution is 5.76. The van der Waals surface area contributed by atoms with Crippen LogP contribution in [0.2, 0.25) is 0 Å². The van der Waals surface area contributed by atoms with Gasteiger partial charge in [0.25, 0.3) is 0 Å². The van der Waals surface area contributed by atoms with Gasteiger partial charge in [-0.05, 0) is 32.4 Å². The molecule has 0 aliphatic carbocycles. The number of likely N-dealkylation sites (tertiary alicyclic amines) is 1. The van der Waals surface area contributed by atoms with E-state index in [1.807, 2.05) is 9.80 Å². The van der Waals surface area contributed by atoms with Gasteiger partial charge in [0.05, 0.1) is 13.2 Å². The minimum atomic E-state index is -0.732. The summed E-state index contributed by atoms with van der Waals surface area (Å²) in [6.45, 7) is 4.15. The molecule has 2 aliphatic rings. The summed E-state index contributed by atoms with van der Waals surface area (Å²) in [6.07, 6.45) is 4.01. The number of nitrogens with zero attached hydrogens (tertiary/aromatic N) is 2. The predicted molar refractivity (Wildman–Crippen MR) is 73.5 cm³/mol. The SMILES string of the molecule is O=C(O)C1CCCCN1CCCC(=O)N1CCOCC1. The predicted octanol–water partition coefficient (Wildman–Crippen LogP) is 0.565. The fourth-order valence-electron chi connectivity index (χ4n) is 2.94. The molecule has 0 saturated carbocycles. The molecule has 2 heterocycles. The van der Waals surface area contributed by atoms with Crippen molar-refractivity contribution in [1.29, 1.82) is 0 Å². The average Bonchev–Trinajstić information content (AvgIpc) is 2.48. The van der Waals surface area contributed by atoms with E-state index in [9.17, 15) is 14.7 Å². The maximum Gasteiger partial charge on any atom is 0.320 e. The van der Waals surface area contributed by atoms with Gasteiger partial charge < -0.3 is 14.7 Å². The van der Waals surface area contributed by atoms with Crippen molar-refractivity contribution >= 4 is 11.9 Å². The van der Waals surface area contributed by atoms with Crippen molar-refractivity contribution in [3.8, 4) is 0 Å². The van der Waals surface area contributed by atoms with Crippen LogP contribution in [0.5, 0.6) is 0 Å². The lowest BCUT2D eigenvalue weighted by molar-refractivity contribution is -0.144. The molecular formula is C14H24N2O4. The first-order valence-electron chi connectivity index (χ1n) is 7.51. The van der Waals surface area contributed by atoms with Gasteiger partial charge in [-0.1, -0.05) is 6.42 Å². The number of carbonyl (C=O) groups excluding carboxylic acids is 1. The highest BCUT2D eigenvalue weighted by atomic mass is 16.5. The van der Waals surface area contributed by atoms with Crippen LogP contribution in [0.4, 0.5) is 0 Å². The lowest BCUT2D eigenvalue weighted by atomic mass is 10.0. The highest BCUT2D eigenvalue weighted by Gasteiger charge is 2.28. The Bertz CT molecular complexity index is 342. The Morgan fingerprint density at radius 2 is 1.90 bits per heavy atom. The van der Waals surface area contributed by atoms with Crippen LogP contribution < -0.4 is 0 Å². The van der Waals surface area contributed by atoms with E-state index in [1.54, 1.807) is 0 Å². The van der Waals surface area contributed by atoms with E-state index in [2.05, 4.69) is 0 Å². The van der Waals surface area contributed by atoms with Crippen LogP contribution in [0.15, 0.2) is 0 Å². The van der Waals surface area contributed by atoms with E-state index < -0.39 is 5.97 Å². The smallest absolute Gasteiger partial charge is 0.320 e. The second-order valence-electron chi connectivity index (χ2n) is 5.48. The zero-order chi connectivity index (χ0) is 14.4. The molecule has 1 atom stereocenters. The number of carboxylic acids is 1. The summed E-state index contributed by atoms with van der Waals surface area (Å²) in [5, 5.41) is 9.19. The van der Waals surface area contributed by atoms with E-state index in [0.717, 1.165) is 32.2 Å². The van der Waals surface area contributed by atoms with Gasteiger partial charge in [-0.2, -0.15) is 0 Å². The maximum atomic E-state index is 12.0. The zero-order valence-electron chi connectivity index (χ0n) is 11.9. The normalized spacial score (nSPS) is 24.6. The molecule has 0 bridgehead atoms. The summed E-state index contributed by atoms with van der Waals surface area (Å²) in [4.78, 5) is 27.0. The molecule has 0 aromatic rings. The Balaban J connectivity index is 1.71. The molecule has 2 aliphatic heterocycles. The van der Waals surface area contributed by atoms with Crippen molar-refractivity contribution < 1.29 is 19.4 Å². The number of aliphatic carboxylic acids is 1. The molecule has 0 aromatic carbocycles. The van der Waals surface area contributed by atoms with Crippen LogP contribution in [0.25, 0.3) is 0 Å². The quantitative estimate of drug-likeness (QED) is 0.799. The number of hydrogen-bond donors (Lipinski definition) is 1. The molecule has 2 saturated heterocycles. The Morgan fingerprint density at radius 1 is 1.15 bits per heavy atom. The molecule has 114 valence electrons. The van der Waals surface area contributed by atoms with Gasteiger partial charge in [0.1, 0.15) is 6.04 Å². The van der Waals surface area contributed by atoms with E-state index in [1.165, 1.54) is 0 Å². The molecule has 1 amide bonds. The molecule has 0 spiro atoms. The number of carboxylic acid groups (broad SMARTS) is 1. The number of rotatable bonds is 5. The Kier molecular flexibility index (Phi) is 5.79. The Hall–Kier alpha value is -1.14. The third kappa shape index (κ3) is 4.18. The fourth-order valence-corrected chi connectivity index (χ4v) is 2.94. The van der Waals surface area contributed by atoms with E-state index in [-0.39, 0.29) is 11.9 Å². The summed E-state index contributed by atoms with van der Waals surface area (Å²) in [5.41, 5.74) is 0. The first-order valence-corrected chi connectivity index (χ1v) is 7.51. The zero-order valence-corrected chi connectivity index (χ0v) is 11.9. The molecular weight excluding hydrogens is 260 g/mol.